The van der Waals surface area contributed by atoms with Crippen LogP contribution >= 0.6 is 0 Å². The zero-order valence-corrected chi connectivity index (χ0v) is 68.5. The number of para-hydroxylation sites is 1. The number of carboxylic acids is 3. The van der Waals surface area contributed by atoms with E-state index in [1.807, 2.05) is 0 Å². The van der Waals surface area contributed by atoms with E-state index >= 15 is 0 Å². The molecule has 0 radical (unpaired) electrons. The number of phenolic OH excluding ortho intramolecular Hbond substituents is 1. The maximum atomic E-state index is 14.5. The summed E-state index contributed by atoms with van der Waals surface area (Å²) in [5.41, 5.74) is 33.0. The summed E-state index contributed by atoms with van der Waals surface area (Å²) in [7, 11) is 0. The topological polar surface area (TPSA) is 858 Å². The van der Waals surface area contributed by atoms with Crippen LogP contribution in [0.2, 0.25) is 0 Å². The lowest BCUT2D eigenvalue weighted by Gasteiger charge is -2.28. The predicted octanol–water partition coefficient (Wildman–Crippen LogP) is -8.42. The number of aliphatic hydroxyl groups excluding tert-OH is 2. The number of phenols is 1. The third kappa shape index (κ3) is 40.5. The number of rotatable bonds is 59. The first-order valence-electron chi connectivity index (χ1n) is 39.3. The van der Waals surface area contributed by atoms with Crippen molar-refractivity contribution in [1.82, 2.24) is 85.1 Å². The molecule has 0 heterocycles. The van der Waals surface area contributed by atoms with Crippen LogP contribution in [0.4, 0.5) is 11.4 Å². The number of aromatic hydroxyl groups is 1. The maximum Gasteiger partial charge on any atom is 0.325 e. The molecule has 123 heavy (non-hydrogen) atoms. The number of unbranched alkanes of at least 4 members (excludes halogenated alkanes) is 2. The second-order valence-corrected chi connectivity index (χ2v) is 28.9. The number of aliphatic hydroxyl groups is 2. The summed E-state index contributed by atoms with van der Waals surface area (Å²) in [5, 5.41) is 133. The van der Waals surface area contributed by atoms with Crippen molar-refractivity contribution in [1.29, 1.82) is 16.2 Å². The van der Waals surface area contributed by atoms with Gasteiger partial charge in [0.2, 0.25) is 70.9 Å². The van der Waals surface area contributed by atoms with Gasteiger partial charge in [0.25, 0.3) is 5.91 Å². The number of hydrogen-bond acceptors (Lipinski definition) is 27. The molecule has 684 valence electrons. The predicted molar refractivity (Wildman–Crippen MR) is 439 cm³/mol. The molecule has 2 rings (SSSR count). The van der Waals surface area contributed by atoms with Crippen molar-refractivity contribution >= 4 is 124 Å². The van der Waals surface area contributed by atoms with Gasteiger partial charge < -0.3 is 150 Å². The number of nitro groups is 1. The van der Waals surface area contributed by atoms with Crippen LogP contribution in [0.5, 0.6) is 5.75 Å². The van der Waals surface area contributed by atoms with E-state index in [0.717, 1.165) is 32.0 Å². The highest BCUT2D eigenvalue weighted by atomic mass is 16.6. The number of guanidine groups is 3. The number of nitrogen functional groups attached to an aromatic ring is 1. The number of nitrogens with zero attached hydrogens (tertiary/aromatic N) is 1. The number of nitrogens with one attached hydrogen (secondary N) is 19. The van der Waals surface area contributed by atoms with Crippen LogP contribution in [0.15, 0.2) is 42.5 Å². The van der Waals surface area contributed by atoms with Gasteiger partial charge in [0, 0.05) is 44.2 Å². The first-order valence-corrected chi connectivity index (χ1v) is 39.3. The smallest absolute Gasteiger partial charge is 0.325 e. The van der Waals surface area contributed by atoms with Crippen molar-refractivity contribution < 1.29 is 112 Å². The van der Waals surface area contributed by atoms with Crippen molar-refractivity contribution in [2.75, 3.05) is 51.7 Å². The van der Waals surface area contributed by atoms with Gasteiger partial charge in [-0.05, 0) is 147 Å². The zero-order chi connectivity index (χ0) is 92.8. The monoisotopic (exact) mass is 1740 g/mol. The Morgan fingerprint density at radius 1 is 0.423 bits per heavy atom. The van der Waals surface area contributed by atoms with Gasteiger partial charge in [-0.1, -0.05) is 32.0 Å². The molecule has 0 aromatic heterocycles. The number of carboxylic acid groups (broad SMARTS) is 3. The van der Waals surface area contributed by atoms with E-state index in [1.54, 1.807) is 19.9 Å². The lowest BCUT2D eigenvalue weighted by atomic mass is 10.0. The first-order chi connectivity index (χ1) is 58.0. The Kier molecular flexibility index (Phi) is 47.6. The van der Waals surface area contributed by atoms with Crippen LogP contribution in [-0.2, 0) is 78.3 Å². The van der Waals surface area contributed by atoms with Crippen molar-refractivity contribution in [3.05, 3.63) is 63.7 Å². The third-order valence-corrected chi connectivity index (χ3v) is 18.3. The zero-order valence-electron chi connectivity index (χ0n) is 68.5. The van der Waals surface area contributed by atoms with Gasteiger partial charge in [-0.25, -0.2) is 0 Å². The molecule has 2 aromatic rings. The number of benzene rings is 2. The minimum atomic E-state index is -2.09. The minimum absolute atomic E-state index is 0.00972. The fourth-order valence-electron chi connectivity index (χ4n) is 11.7. The molecule has 0 saturated carbocycles. The van der Waals surface area contributed by atoms with E-state index in [4.69, 9.17) is 50.6 Å². The summed E-state index contributed by atoms with van der Waals surface area (Å²) in [6, 6.07) is -13.5. The number of nitro benzene ring substituents is 1. The Balaban J connectivity index is 2.50. The van der Waals surface area contributed by atoms with Gasteiger partial charge in [0.05, 0.1) is 30.1 Å². The van der Waals surface area contributed by atoms with E-state index in [9.17, 15) is 117 Å². The second kappa shape index (κ2) is 55.4. The molecule has 2 aromatic carbocycles. The minimum Gasteiger partial charge on any atom is -0.502 e. The third-order valence-electron chi connectivity index (χ3n) is 18.3. The Morgan fingerprint density at radius 3 is 1.16 bits per heavy atom. The molecule has 37 N–H and O–H groups in total. The molecule has 0 aliphatic rings. The summed E-state index contributed by atoms with van der Waals surface area (Å²) in [6.45, 7) is 3.11. The summed E-state index contributed by atoms with van der Waals surface area (Å²) in [6.07, 6.45) is -3.62. The number of carbonyl (C=O) groups is 16. The molecule has 0 bridgehead atoms. The molecule has 0 unspecified atom stereocenters. The SMILES string of the molecule is CC(C)C[C@H](NC(=O)[C@H](C)NC(=O)[C@H](CO)NC(=O)[C@H](CCCNC(=N)N)NC(=O)[C@H](CCCCN)NC(=O)[C@H](CO)NC(=O)[C@H](CCCNC(=N)N)NC(=O)[C@H](CCC(=O)O)NC(=O)[C@H](CCCCN)NC(=O)c1ccccc1N)C(=O)N[C@@H](CCCNC(=N)N)C(=O)N[C@@H](CC(=O)O)C(=O)N[C@@H](Cc1ccc(O)c([N+](=O)[O-])c1)C(=O)N[C@@H](C)C(=O)O. The number of hydrogen-bond donors (Lipinski definition) is 31. The summed E-state index contributed by atoms with van der Waals surface area (Å²) in [4.78, 5) is 230. The number of nitrogens with two attached hydrogens (primary N) is 6. The highest BCUT2D eigenvalue weighted by Crippen LogP contribution is 2.27. The molecule has 0 fully saturated rings. The molecule has 0 aliphatic heterocycles. The Bertz CT molecular complexity index is 4010. The molecule has 13 atom stereocenters. The van der Waals surface area contributed by atoms with E-state index in [0.29, 0.717) is 12.8 Å². The standard InChI is InChI=1S/C73H118N26O24/c1-36(2)30-48(66(116)91-44(18-11-27-83-71(77)78)61(111)96-50(33-56(105)106)67(117)95-49(65(115)87-38(4)70(120)121)31-39-21-23-54(102)53(32-39)99(122)123)94-57(107)37(3)86-68(118)51(34-100)97-62(112)45(19-12-28-84-72(79)80)89-60(110)43(17-8-10-26-75)92-69(119)52(35-101)98-63(113)46(20-13-29-85-73(81)82)90-64(114)47(22-24-55(103)104)93-59(109)42(16-7-9-25-74)88-58(108)40-14-5-6-15-41(40)76/h5-6,14-15,21,23,32,36-38,42-52,100-102H,7-13,16-20,22,24-31,33-35,74-76H2,1-4H3,(H,86,118)(H,87,115)(H,88,108)(H,89,110)(H,90,114)(H,91,116)(H,92,119)(H,93,109)(H,94,107)(H,95,117)(H,96,111)(H,97,112)(H,98,113)(H,103,104)(H,105,106)(H,120,121)(H4,77,78,83)(H4,79,80,84)(H4,81,82,85)/t37-,38-,42-,43-,44-,45-,46-,47-,48-,49-,50-,51-,52-/m0/s1. The number of amides is 13. The lowest BCUT2D eigenvalue weighted by molar-refractivity contribution is -0.385. The van der Waals surface area contributed by atoms with Gasteiger partial charge in [-0.3, -0.25) is 103 Å². The number of aliphatic carboxylic acids is 3. The molecule has 50 nitrogen and oxygen atoms in total. The van der Waals surface area contributed by atoms with Crippen LogP contribution in [0.3, 0.4) is 0 Å². The molecular formula is C73H118N26O24. The number of carbonyl (C=O) groups excluding carboxylic acids is 13. The summed E-state index contributed by atoms with van der Waals surface area (Å²) in [5.74, 6) is -22.0. The molecule has 50 heteroatoms. The van der Waals surface area contributed by atoms with E-state index in [2.05, 4.69) is 85.1 Å². The molecular weight excluding hydrogens is 1620 g/mol. The Labute approximate surface area is 706 Å². The summed E-state index contributed by atoms with van der Waals surface area (Å²) >= 11 is 0. The quantitative estimate of drug-likeness (QED) is 0.00730. The van der Waals surface area contributed by atoms with E-state index in [-0.39, 0.29) is 120 Å². The van der Waals surface area contributed by atoms with Crippen LogP contribution in [0.25, 0.3) is 0 Å². The molecule has 0 aliphatic carbocycles. The van der Waals surface area contributed by atoms with Crippen LogP contribution < -0.4 is 119 Å². The fourth-order valence-corrected chi connectivity index (χ4v) is 11.7. The fraction of sp³-hybridized carbons (Fsp3) is 0.575. The molecule has 0 saturated heterocycles. The largest absolute Gasteiger partial charge is 0.502 e. The van der Waals surface area contributed by atoms with Crippen molar-refractivity contribution in [2.45, 2.75) is 215 Å². The first kappa shape index (κ1) is 106. The normalized spacial score (nSPS) is 14.1. The van der Waals surface area contributed by atoms with Crippen molar-refractivity contribution in [2.24, 2.45) is 34.6 Å². The highest BCUT2D eigenvalue weighted by molar-refractivity contribution is 6.03. The van der Waals surface area contributed by atoms with Gasteiger partial charge in [-0.2, -0.15) is 0 Å². The molecule has 0 spiro atoms. The number of anilines is 1. The van der Waals surface area contributed by atoms with Gasteiger partial charge in [0.15, 0.2) is 23.6 Å². The van der Waals surface area contributed by atoms with Crippen LogP contribution in [0, 0.1) is 32.3 Å². The average Bonchev–Trinajstić information content (AvgIpc) is 0.846. The van der Waals surface area contributed by atoms with E-state index in [1.165, 1.54) is 18.2 Å². The molecule has 13 amide bonds. The van der Waals surface area contributed by atoms with Gasteiger partial charge >= 0.3 is 23.6 Å². The van der Waals surface area contributed by atoms with Crippen molar-refractivity contribution in [3.63, 3.8) is 0 Å². The average molecular weight is 1740 g/mol. The summed E-state index contributed by atoms with van der Waals surface area (Å²) < 4.78 is 0. The van der Waals surface area contributed by atoms with E-state index < -0.39 is 252 Å². The van der Waals surface area contributed by atoms with Crippen molar-refractivity contribution in [3.8, 4) is 5.75 Å². The lowest BCUT2D eigenvalue weighted by Crippen LogP contribution is -2.61. The Hall–Kier alpha value is -13.4. The van der Waals surface area contributed by atoms with Gasteiger partial charge in [0.1, 0.15) is 78.5 Å². The highest BCUT2D eigenvalue weighted by Gasteiger charge is 2.38. The second-order valence-electron chi connectivity index (χ2n) is 28.9. The maximum absolute atomic E-state index is 14.5. The van der Waals surface area contributed by atoms with Gasteiger partial charge in [-0.15, -0.1) is 0 Å². The Morgan fingerprint density at radius 2 is 0.772 bits per heavy atom. The van der Waals surface area contributed by atoms with Crippen LogP contribution in [0.1, 0.15) is 146 Å². The van der Waals surface area contributed by atoms with Crippen LogP contribution in [-0.4, -0.2) is 273 Å².